The lowest BCUT2D eigenvalue weighted by Crippen LogP contribution is -2.62. The van der Waals surface area contributed by atoms with Gasteiger partial charge in [0.1, 0.15) is 78.0 Å². The van der Waals surface area contributed by atoms with E-state index < -0.39 is 243 Å². The second kappa shape index (κ2) is 37.7. The van der Waals surface area contributed by atoms with Crippen LogP contribution in [-0.2, 0) is 97.4 Å². The number of carbonyl (C=O) groups excluding carboxylic acids is 12. The third-order valence-corrected chi connectivity index (χ3v) is 16.5. The molecule has 40 heteroatoms. The zero-order chi connectivity index (χ0) is 77.6. The fraction of sp³-hybridized carbons (Fsp3) is 0.394. The summed E-state index contributed by atoms with van der Waals surface area (Å²) in [6.07, 6.45) is -7.46. The fourth-order valence-corrected chi connectivity index (χ4v) is 11.0. The van der Waals surface area contributed by atoms with Gasteiger partial charge in [-0.3, -0.25) is 71.9 Å². The number of rotatable bonds is 23. The van der Waals surface area contributed by atoms with Gasteiger partial charge in [0.25, 0.3) is 5.91 Å². The molecule has 2 aliphatic heterocycles. The number of hydrogen-bond donors (Lipinski definition) is 21. The molecule has 2 saturated heterocycles. The van der Waals surface area contributed by atoms with Gasteiger partial charge in [-0.25, -0.2) is 10.7 Å². The van der Waals surface area contributed by atoms with Crippen LogP contribution < -0.4 is 64.4 Å². The van der Waals surface area contributed by atoms with Crippen LogP contribution in [0.25, 0.3) is 27.9 Å². The molecule has 106 heavy (non-hydrogen) atoms. The normalized spacial score (nSPS) is 23.9. The lowest BCUT2D eigenvalue weighted by Gasteiger charge is -2.29. The summed E-state index contributed by atoms with van der Waals surface area (Å²) in [6, 6.07) is -2.76. The number of esters is 1. The van der Waals surface area contributed by atoms with Gasteiger partial charge in [0, 0.05) is 52.6 Å². The number of amides is 11. The first kappa shape index (κ1) is 80.9. The molecule has 40 nitrogen and oxygen atoms in total. The number of carboxylic acids is 4. The van der Waals surface area contributed by atoms with E-state index in [0.717, 1.165) is 37.3 Å². The summed E-state index contributed by atoms with van der Waals surface area (Å²) < 4.78 is 11.3. The van der Waals surface area contributed by atoms with E-state index >= 15 is 9.59 Å². The average Bonchev–Trinajstić information content (AvgIpc) is 1.51. The van der Waals surface area contributed by atoms with Gasteiger partial charge in [-0.1, -0.05) is 61.9 Å². The predicted molar refractivity (Wildman–Crippen MR) is 360 cm³/mol. The SMILES string of the molecule is CCCC1OC1C(=O)N[C@@H](CO)C(=O)N[C@H]1C(=O)N[C@H](Cc2c[nH]c3ccccc23)C(=O)N[C@@H](CC(=O)O)C(=O)N[C@@H](CC(=O)O)C(=O)N[C@H](c2ccc(O)cc2)C(=O)N[C@@H](CC(=O)O)C(=O)NCC(=O)N[C@H]([C@H](O)CON)C(=O)N[C@@H](CCC(=O)O)C(=O)N/C(=C/c2c[nH]c3ccccc23)C(=O)O[C@H]1C. The molecule has 568 valence electrons. The van der Waals surface area contributed by atoms with Crippen molar-refractivity contribution < 1.29 is 127 Å². The minimum absolute atomic E-state index is 0.121. The maximum Gasteiger partial charge on any atom is 0.355 e. The number of aromatic amines is 2. The number of nitrogens with two attached hydrogens (primary N) is 1. The number of benzene rings is 3. The summed E-state index contributed by atoms with van der Waals surface area (Å²) in [5.41, 5.74) is 0.102. The van der Waals surface area contributed by atoms with Crippen molar-refractivity contribution in [2.75, 3.05) is 19.8 Å². The minimum Gasteiger partial charge on any atom is -0.508 e. The van der Waals surface area contributed by atoms with E-state index in [2.05, 4.69) is 57.3 Å². The number of aromatic nitrogens is 2. The van der Waals surface area contributed by atoms with Crippen LogP contribution in [0.15, 0.2) is 90.9 Å². The van der Waals surface area contributed by atoms with Gasteiger partial charge >= 0.3 is 29.8 Å². The summed E-state index contributed by atoms with van der Waals surface area (Å²) in [5, 5.41) is 96.6. The van der Waals surface area contributed by atoms with E-state index in [1.54, 1.807) is 48.5 Å². The number of hydrogen-bond acceptors (Lipinski definition) is 23. The topological polar surface area (TPSA) is 636 Å². The summed E-state index contributed by atoms with van der Waals surface area (Å²) in [6.45, 7) is -0.551. The van der Waals surface area contributed by atoms with Crippen molar-refractivity contribution in [2.24, 2.45) is 5.90 Å². The maximum atomic E-state index is 15.3. The van der Waals surface area contributed by atoms with Gasteiger partial charge in [-0.05, 0) is 61.2 Å². The number of para-hydroxylation sites is 2. The molecule has 2 fully saturated rings. The van der Waals surface area contributed by atoms with Crippen molar-refractivity contribution in [3.05, 3.63) is 108 Å². The largest absolute Gasteiger partial charge is 0.508 e. The number of ether oxygens (including phenoxy) is 2. The van der Waals surface area contributed by atoms with Gasteiger partial charge < -0.3 is 119 Å². The van der Waals surface area contributed by atoms with E-state index in [-0.39, 0.29) is 16.7 Å². The maximum absolute atomic E-state index is 15.3. The Kier molecular flexibility index (Phi) is 28.8. The van der Waals surface area contributed by atoms with Crippen LogP contribution in [0.1, 0.15) is 81.5 Å². The van der Waals surface area contributed by atoms with Crippen LogP contribution in [0.3, 0.4) is 0 Å². The van der Waals surface area contributed by atoms with Crippen LogP contribution in [0, 0.1) is 0 Å². The first-order valence-corrected chi connectivity index (χ1v) is 32.7. The van der Waals surface area contributed by atoms with Crippen molar-refractivity contribution in [2.45, 2.75) is 144 Å². The molecule has 11 amide bonds. The number of carbonyl (C=O) groups is 16. The molecule has 2 aliphatic rings. The monoisotopic (exact) mass is 1480 g/mol. The Labute approximate surface area is 599 Å². The number of aliphatic hydroxyl groups is 2. The van der Waals surface area contributed by atoms with Crippen molar-refractivity contribution in [3.63, 3.8) is 0 Å². The Morgan fingerprint density at radius 1 is 0.642 bits per heavy atom. The quantitative estimate of drug-likeness (QED) is 0.0126. The number of phenolic OH excluding ortho intramolecular Hbond substituents is 1. The van der Waals surface area contributed by atoms with Crippen LogP contribution in [-0.4, -0.2) is 233 Å². The number of fused-ring (bicyclic) bond motifs is 2. The van der Waals surface area contributed by atoms with E-state index in [4.69, 9.17) is 15.4 Å². The summed E-state index contributed by atoms with van der Waals surface area (Å²) >= 11 is 0. The van der Waals surface area contributed by atoms with Crippen LogP contribution >= 0.6 is 0 Å². The Balaban J connectivity index is 1.37. The summed E-state index contributed by atoms with van der Waals surface area (Å²) in [4.78, 5) is 233. The molecular weight excluding hydrogens is 1400 g/mol. The van der Waals surface area contributed by atoms with E-state index in [1.165, 1.54) is 12.4 Å². The molecular formula is C66H78N14O26. The average molecular weight is 1480 g/mol. The highest BCUT2D eigenvalue weighted by atomic mass is 16.6. The number of phenols is 1. The molecule has 4 heterocycles. The second-order valence-corrected chi connectivity index (χ2v) is 24.4. The first-order chi connectivity index (χ1) is 50.4. The molecule has 0 bridgehead atoms. The molecule has 5 aromatic rings. The molecule has 13 atom stereocenters. The fourth-order valence-electron chi connectivity index (χ4n) is 11.0. The van der Waals surface area contributed by atoms with Gasteiger partial charge in [-0.15, -0.1) is 0 Å². The molecule has 2 aromatic heterocycles. The highest BCUT2D eigenvalue weighted by Crippen LogP contribution is 2.27. The lowest BCUT2D eigenvalue weighted by atomic mass is 10.0. The molecule has 22 N–H and O–H groups in total. The molecule has 0 spiro atoms. The molecule has 7 rings (SSSR count). The van der Waals surface area contributed by atoms with Gasteiger partial charge in [0.05, 0.1) is 45.1 Å². The zero-order valence-electron chi connectivity index (χ0n) is 56.4. The van der Waals surface area contributed by atoms with E-state index in [1.807, 2.05) is 22.9 Å². The second-order valence-electron chi connectivity index (χ2n) is 24.4. The highest BCUT2D eigenvalue weighted by molar-refractivity contribution is 6.05. The first-order valence-electron chi connectivity index (χ1n) is 32.7. The van der Waals surface area contributed by atoms with Crippen molar-refractivity contribution in [3.8, 4) is 5.75 Å². The van der Waals surface area contributed by atoms with E-state index in [0.29, 0.717) is 34.6 Å². The summed E-state index contributed by atoms with van der Waals surface area (Å²) in [5.74, 6) is -19.3. The number of aromatic hydroxyl groups is 1. The number of H-pyrrole nitrogens is 2. The third kappa shape index (κ3) is 22.8. The Hall–Kier alpha value is -12.4. The minimum atomic E-state index is -2.34. The third-order valence-electron chi connectivity index (χ3n) is 16.5. The van der Waals surface area contributed by atoms with Crippen molar-refractivity contribution >= 4 is 123 Å². The number of cyclic esters (lactones) is 1. The number of aliphatic hydroxyl groups excluding tert-OH is 2. The molecule has 2 unspecified atom stereocenters. The van der Waals surface area contributed by atoms with Crippen LogP contribution in [0.2, 0.25) is 0 Å². The molecule has 0 aliphatic carbocycles. The summed E-state index contributed by atoms with van der Waals surface area (Å²) in [7, 11) is 0. The highest BCUT2D eigenvalue weighted by Gasteiger charge is 2.46. The van der Waals surface area contributed by atoms with Gasteiger partial charge in [0.15, 0.2) is 6.10 Å². The van der Waals surface area contributed by atoms with E-state index in [9.17, 15) is 103 Å². The van der Waals surface area contributed by atoms with Gasteiger partial charge in [-0.2, -0.15) is 0 Å². The predicted octanol–water partition coefficient (Wildman–Crippen LogP) is -5.05. The molecule has 0 radical (unpaired) electrons. The van der Waals surface area contributed by atoms with Crippen molar-refractivity contribution in [1.29, 1.82) is 0 Å². The van der Waals surface area contributed by atoms with Crippen LogP contribution in [0.5, 0.6) is 5.75 Å². The standard InChI is InChI=1S/C66H78N14O26/c1-3-8-46-55(106-46)65(102)77-44(27-81)61(98)79-52-29(2)105-66(103)43(20-32-25-69-37-12-7-5-10-35(32)37)76-57(94)38(17-18-48(85)86)71-64(101)54(45(83)28-104-67)78-47(84)26-70-56(93)40(21-49(87)88)75-63(100)53(30-13-15-33(82)16-14-30)80-60(97)42(23-51(91)92)73-59(96)41(22-50(89)90)72-58(95)39(74-62(52)99)19-31-24-68-36-11-6-4-9-34(31)36/h4-7,9-16,20,24-25,29,38-42,44-46,52-55,68-69,81-83H,3,8,17-19,21-23,26-28,67H2,1-2H3,(H,70,93)(H,71,101)(H,72,95)(H,73,96)(H,74,99)(H,75,100)(H,76,94)(H,77,102)(H,78,84)(H,79,98)(H,80,97)(H,85,86)(H,87,88)(H,89,90)(H,91,92)/b43-20+/t29-,38-,39+,40-,41-,42-,44-,45+,46?,52+,53+,54+,55?/m0/s1. The zero-order valence-corrected chi connectivity index (χ0v) is 56.4. The van der Waals surface area contributed by atoms with Crippen molar-refractivity contribution in [1.82, 2.24) is 68.5 Å². The Morgan fingerprint density at radius 2 is 1.20 bits per heavy atom. The van der Waals surface area contributed by atoms with Gasteiger partial charge in [0.2, 0.25) is 59.1 Å². The number of carboxylic acid groups (broad SMARTS) is 4. The number of nitrogens with one attached hydrogen (secondary N) is 13. The number of aliphatic carboxylic acids is 4. The smallest absolute Gasteiger partial charge is 0.355 e. The Morgan fingerprint density at radius 3 is 1.80 bits per heavy atom. The molecule has 3 aromatic carbocycles. The molecule has 0 saturated carbocycles. The lowest BCUT2D eigenvalue weighted by molar-refractivity contribution is -0.150. The number of epoxide rings is 1. The van der Waals surface area contributed by atoms with Crippen LogP contribution in [0.4, 0.5) is 0 Å². The Bertz CT molecular complexity index is 4180.